The van der Waals surface area contributed by atoms with Crippen LogP contribution in [0.2, 0.25) is 5.02 Å². The Morgan fingerprint density at radius 1 is 1.08 bits per heavy atom. The van der Waals surface area contributed by atoms with Crippen LogP contribution in [0.1, 0.15) is 23.6 Å². The minimum Gasteiger partial charge on any atom is -0.354 e. The molecule has 0 fully saturated rings. The predicted octanol–water partition coefficient (Wildman–Crippen LogP) is 3.67. The zero-order valence-electron chi connectivity index (χ0n) is 14.8. The SMILES string of the molecule is CC(=O)N(CCNC(=O)Cc1ccc(Cl)cc1)c1ccc(C)cc1C. The van der Waals surface area contributed by atoms with E-state index in [1.165, 1.54) is 6.92 Å². The molecule has 2 aromatic carbocycles. The Morgan fingerprint density at radius 2 is 1.76 bits per heavy atom. The van der Waals surface area contributed by atoms with Crippen LogP contribution in [0.5, 0.6) is 0 Å². The zero-order chi connectivity index (χ0) is 18.4. The normalized spacial score (nSPS) is 10.4. The number of amides is 2. The van der Waals surface area contributed by atoms with Crippen molar-refractivity contribution in [2.75, 3.05) is 18.0 Å². The smallest absolute Gasteiger partial charge is 0.224 e. The van der Waals surface area contributed by atoms with Gasteiger partial charge in [-0.1, -0.05) is 41.4 Å². The van der Waals surface area contributed by atoms with Gasteiger partial charge in [-0.2, -0.15) is 0 Å². The van der Waals surface area contributed by atoms with E-state index in [2.05, 4.69) is 5.32 Å². The summed E-state index contributed by atoms with van der Waals surface area (Å²) in [5.41, 5.74) is 3.98. The van der Waals surface area contributed by atoms with Gasteiger partial charge in [0.15, 0.2) is 0 Å². The summed E-state index contributed by atoms with van der Waals surface area (Å²) in [4.78, 5) is 25.7. The zero-order valence-corrected chi connectivity index (χ0v) is 15.6. The third-order valence-electron chi connectivity index (χ3n) is 3.96. The fraction of sp³-hybridized carbons (Fsp3) is 0.300. The molecule has 0 bridgehead atoms. The van der Waals surface area contributed by atoms with Gasteiger partial charge in [0.1, 0.15) is 0 Å². The lowest BCUT2D eigenvalue weighted by atomic mass is 10.1. The maximum atomic E-state index is 12.0. The number of anilines is 1. The van der Waals surface area contributed by atoms with Gasteiger partial charge in [0.2, 0.25) is 11.8 Å². The first-order valence-corrected chi connectivity index (χ1v) is 8.61. The van der Waals surface area contributed by atoms with Crippen LogP contribution in [-0.2, 0) is 16.0 Å². The summed E-state index contributed by atoms with van der Waals surface area (Å²) in [6.45, 7) is 6.38. The summed E-state index contributed by atoms with van der Waals surface area (Å²) in [7, 11) is 0. The van der Waals surface area contributed by atoms with E-state index >= 15 is 0 Å². The van der Waals surface area contributed by atoms with Gasteiger partial charge in [0, 0.05) is 30.7 Å². The van der Waals surface area contributed by atoms with E-state index in [1.54, 1.807) is 17.0 Å². The van der Waals surface area contributed by atoms with Crippen LogP contribution in [0, 0.1) is 13.8 Å². The van der Waals surface area contributed by atoms with Crippen molar-refractivity contribution < 1.29 is 9.59 Å². The number of hydrogen-bond donors (Lipinski definition) is 1. The van der Waals surface area contributed by atoms with Crippen LogP contribution in [0.15, 0.2) is 42.5 Å². The monoisotopic (exact) mass is 358 g/mol. The van der Waals surface area contributed by atoms with Gasteiger partial charge >= 0.3 is 0 Å². The van der Waals surface area contributed by atoms with Crippen LogP contribution in [0.3, 0.4) is 0 Å². The summed E-state index contributed by atoms with van der Waals surface area (Å²) in [5.74, 6) is -0.120. The molecule has 132 valence electrons. The third-order valence-corrected chi connectivity index (χ3v) is 4.21. The lowest BCUT2D eigenvalue weighted by molar-refractivity contribution is -0.121. The number of rotatable bonds is 6. The maximum Gasteiger partial charge on any atom is 0.224 e. The molecule has 0 aromatic heterocycles. The van der Waals surface area contributed by atoms with Gasteiger partial charge in [0.05, 0.1) is 6.42 Å². The van der Waals surface area contributed by atoms with Crippen molar-refractivity contribution in [1.82, 2.24) is 5.32 Å². The van der Waals surface area contributed by atoms with E-state index in [-0.39, 0.29) is 11.8 Å². The first-order valence-electron chi connectivity index (χ1n) is 8.23. The molecular formula is C20H23ClN2O2. The van der Waals surface area contributed by atoms with Gasteiger partial charge in [-0.05, 0) is 43.2 Å². The highest BCUT2D eigenvalue weighted by molar-refractivity contribution is 6.30. The van der Waals surface area contributed by atoms with Crippen molar-refractivity contribution in [3.63, 3.8) is 0 Å². The number of aryl methyl sites for hydroxylation is 2. The topological polar surface area (TPSA) is 49.4 Å². The Bertz CT molecular complexity index is 757. The Hall–Kier alpha value is -2.33. The predicted molar refractivity (Wildman–Crippen MR) is 102 cm³/mol. The second kappa shape index (κ2) is 8.67. The van der Waals surface area contributed by atoms with Gasteiger partial charge < -0.3 is 10.2 Å². The average molecular weight is 359 g/mol. The van der Waals surface area contributed by atoms with Crippen molar-refractivity contribution in [3.05, 3.63) is 64.2 Å². The van der Waals surface area contributed by atoms with E-state index in [0.29, 0.717) is 24.5 Å². The van der Waals surface area contributed by atoms with Crippen molar-refractivity contribution in [1.29, 1.82) is 0 Å². The molecule has 5 heteroatoms. The molecule has 0 saturated heterocycles. The fourth-order valence-electron chi connectivity index (χ4n) is 2.71. The number of carbonyl (C=O) groups excluding carboxylic acids is 2. The van der Waals surface area contributed by atoms with Crippen LogP contribution in [-0.4, -0.2) is 24.9 Å². The Labute approximate surface area is 153 Å². The quantitative estimate of drug-likeness (QED) is 0.856. The van der Waals surface area contributed by atoms with Crippen LogP contribution in [0.4, 0.5) is 5.69 Å². The summed E-state index contributed by atoms with van der Waals surface area (Å²) >= 11 is 5.84. The molecular weight excluding hydrogens is 336 g/mol. The molecule has 2 rings (SSSR count). The third kappa shape index (κ3) is 5.61. The fourth-order valence-corrected chi connectivity index (χ4v) is 2.84. The largest absolute Gasteiger partial charge is 0.354 e. The lowest BCUT2D eigenvalue weighted by Gasteiger charge is -2.23. The number of benzene rings is 2. The molecule has 2 amide bonds. The van der Waals surface area contributed by atoms with E-state index in [4.69, 9.17) is 11.6 Å². The van der Waals surface area contributed by atoms with Crippen molar-refractivity contribution in [2.45, 2.75) is 27.2 Å². The highest BCUT2D eigenvalue weighted by atomic mass is 35.5. The Kier molecular flexibility index (Phi) is 6.59. The highest BCUT2D eigenvalue weighted by Crippen LogP contribution is 2.21. The van der Waals surface area contributed by atoms with Gasteiger partial charge in [-0.15, -0.1) is 0 Å². The standard InChI is InChI=1S/C20H23ClN2O2/c1-14-4-9-19(15(2)12-14)23(16(3)24)11-10-22-20(25)13-17-5-7-18(21)8-6-17/h4-9,12H,10-11,13H2,1-3H3,(H,22,25). The first-order chi connectivity index (χ1) is 11.9. The number of carbonyl (C=O) groups is 2. The number of nitrogens with zero attached hydrogens (tertiary/aromatic N) is 1. The first kappa shape index (κ1) is 19.0. The van der Waals surface area contributed by atoms with Gasteiger partial charge in [-0.3, -0.25) is 9.59 Å². The molecule has 4 nitrogen and oxygen atoms in total. The molecule has 0 atom stereocenters. The Morgan fingerprint density at radius 3 is 2.36 bits per heavy atom. The van der Waals surface area contributed by atoms with Gasteiger partial charge in [-0.25, -0.2) is 0 Å². The number of hydrogen-bond acceptors (Lipinski definition) is 2. The summed E-state index contributed by atoms with van der Waals surface area (Å²) in [5, 5.41) is 3.51. The molecule has 0 heterocycles. The number of halogens is 1. The van der Waals surface area contributed by atoms with Crippen molar-refractivity contribution in [3.8, 4) is 0 Å². The second-order valence-electron chi connectivity index (χ2n) is 6.11. The second-order valence-corrected chi connectivity index (χ2v) is 6.55. The minimum atomic E-state index is -0.0774. The van der Waals surface area contributed by atoms with E-state index in [0.717, 1.165) is 22.4 Å². The summed E-state index contributed by atoms with van der Waals surface area (Å²) in [6, 6.07) is 13.2. The molecule has 0 unspecified atom stereocenters. The summed E-state index contributed by atoms with van der Waals surface area (Å²) < 4.78 is 0. The lowest BCUT2D eigenvalue weighted by Crippen LogP contribution is -2.38. The minimum absolute atomic E-state index is 0.0427. The van der Waals surface area contributed by atoms with Crippen molar-refractivity contribution >= 4 is 29.1 Å². The maximum absolute atomic E-state index is 12.0. The van der Waals surface area contributed by atoms with Crippen LogP contribution >= 0.6 is 11.6 Å². The molecule has 1 N–H and O–H groups in total. The molecule has 0 aliphatic carbocycles. The van der Waals surface area contributed by atoms with E-state index < -0.39 is 0 Å². The highest BCUT2D eigenvalue weighted by Gasteiger charge is 2.14. The molecule has 0 aliphatic heterocycles. The molecule has 25 heavy (non-hydrogen) atoms. The molecule has 0 saturated carbocycles. The van der Waals surface area contributed by atoms with E-state index in [9.17, 15) is 9.59 Å². The van der Waals surface area contributed by atoms with Crippen LogP contribution in [0.25, 0.3) is 0 Å². The average Bonchev–Trinajstić information content (AvgIpc) is 2.54. The van der Waals surface area contributed by atoms with Crippen LogP contribution < -0.4 is 10.2 Å². The molecule has 0 aliphatic rings. The van der Waals surface area contributed by atoms with Gasteiger partial charge in [0.25, 0.3) is 0 Å². The molecule has 0 radical (unpaired) electrons. The number of nitrogens with one attached hydrogen (secondary N) is 1. The molecule has 2 aromatic rings. The Balaban J connectivity index is 1.92. The summed E-state index contributed by atoms with van der Waals surface area (Å²) in [6.07, 6.45) is 0.292. The van der Waals surface area contributed by atoms with E-state index in [1.807, 2.05) is 44.2 Å². The van der Waals surface area contributed by atoms with Crippen molar-refractivity contribution in [2.24, 2.45) is 0 Å². The molecule has 0 spiro atoms.